The molecule has 0 spiro atoms. The van der Waals surface area contributed by atoms with E-state index < -0.39 is 11.2 Å². The van der Waals surface area contributed by atoms with Gasteiger partial charge in [-0.2, -0.15) is 0 Å². The van der Waals surface area contributed by atoms with Gasteiger partial charge in [0, 0.05) is 10.9 Å². The number of fused-ring (bicyclic) bond motifs is 1. The van der Waals surface area contributed by atoms with Crippen LogP contribution in [0, 0.1) is 0 Å². The molecule has 26 heavy (non-hydrogen) atoms. The van der Waals surface area contributed by atoms with E-state index in [0.717, 1.165) is 0 Å². The van der Waals surface area contributed by atoms with Crippen LogP contribution in [-0.4, -0.2) is 16.3 Å². The molecule has 2 N–H and O–H groups in total. The lowest BCUT2D eigenvalue weighted by atomic mass is 9.92. The highest BCUT2D eigenvalue weighted by Gasteiger charge is 2.27. The Hall–Kier alpha value is -2.79. The van der Waals surface area contributed by atoms with Gasteiger partial charge >= 0.3 is 5.63 Å². The average molecular weight is 354 g/mol. The first-order valence-electron chi connectivity index (χ1n) is 8.47. The van der Waals surface area contributed by atoms with Crippen LogP contribution in [0.4, 0.5) is 0 Å². The van der Waals surface area contributed by atoms with Gasteiger partial charge in [0.15, 0.2) is 11.5 Å². The van der Waals surface area contributed by atoms with Gasteiger partial charge < -0.3 is 19.4 Å². The van der Waals surface area contributed by atoms with Crippen LogP contribution >= 0.6 is 0 Å². The molecule has 3 aromatic rings. The summed E-state index contributed by atoms with van der Waals surface area (Å²) in [5.74, 6) is 0.501. The lowest BCUT2D eigenvalue weighted by Gasteiger charge is -2.21. The number of phenolic OH excluding ortho intramolecular Hbond substituents is 1. The number of phenols is 1. The number of ether oxygens (including phenoxy) is 1. The van der Waals surface area contributed by atoms with Gasteiger partial charge in [0.05, 0.1) is 11.5 Å². The second kappa shape index (κ2) is 6.50. The number of benzene rings is 2. The van der Waals surface area contributed by atoms with Crippen molar-refractivity contribution in [1.29, 1.82) is 0 Å². The van der Waals surface area contributed by atoms with Gasteiger partial charge in [-0.05, 0) is 51.5 Å². The zero-order valence-corrected chi connectivity index (χ0v) is 15.2. The first-order chi connectivity index (χ1) is 12.2. The van der Waals surface area contributed by atoms with Gasteiger partial charge in [-0.3, -0.25) is 0 Å². The predicted molar refractivity (Wildman–Crippen MR) is 101 cm³/mol. The topological polar surface area (TPSA) is 79.9 Å². The Labute approximate surface area is 151 Å². The van der Waals surface area contributed by atoms with Gasteiger partial charge in [-0.25, -0.2) is 4.79 Å². The second-order valence-electron chi connectivity index (χ2n) is 7.05. The summed E-state index contributed by atoms with van der Waals surface area (Å²) in [6.45, 7) is 6.86. The normalized spacial score (nSPS) is 11.9. The van der Waals surface area contributed by atoms with Crippen molar-refractivity contribution in [3.8, 4) is 22.6 Å². The molecule has 136 valence electrons. The fourth-order valence-electron chi connectivity index (χ4n) is 2.94. The zero-order valence-electron chi connectivity index (χ0n) is 15.2. The molecule has 0 fully saturated rings. The van der Waals surface area contributed by atoms with E-state index in [9.17, 15) is 15.0 Å². The fraction of sp³-hybridized carbons (Fsp3) is 0.286. The van der Waals surface area contributed by atoms with Gasteiger partial charge in [-0.1, -0.05) is 24.3 Å². The summed E-state index contributed by atoms with van der Waals surface area (Å²) in [5, 5.41) is 21.9. The van der Waals surface area contributed by atoms with E-state index in [1.54, 1.807) is 50.2 Å². The summed E-state index contributed by atoms with van der Waals surface area (Å²) < 4.78 is 11.0. The molecule has 0 bridgehead atoms. The SMILES string of the molecule is CC(C)Oc1ccc(-c2c(C(C)(C)O)oc(=O)c3ccccc23)cc1O. The maximum absolute atomic E-state index is 12.3. The van der Waals surface area contributed by atoms with Crippen LogP contribution in [-0.2, 0) is 5.60 Å². The molecule has 5 nitrogen and oxygen atoms in total. The molecule has 3 rings (SSSR count). The van der Waals surface area contributed by atoms with Crippen molar-refractivity contribution in [3.63, 3.8) is 0 Å². The minimum atomic E-state index is -1.37. The van der Waals surface area contributed by atoms with Gasteiger partial charge in [0.1, 0.15) is 11.4 Å². The minimum Gasteiger partial charge on any atom is -0.504 e. The Morgan fingerprint density at radius 3 is 2.31 bits per heavy atom. The summed E-state index contributed by atoms with van der Waals surface area (Å²) in [4.78, 5) is 12.3. The number of hydrogen-bond acceptors (Lipinski definition) is 5. The molecule has 0 unspecified atom stereocenters. The third kappa shape index (κ3) is 3.30. The zero-order chi connectivity index (χ0) is 19.1. The molecule has 0 atom stereocenters. The summed E-state index contributed by atoms with van der Waals surface area (Å²) in [7, 11) is 0. The van der Waals surface area contributed by atoms with Gasteiger partial charge in [0.2, 0.25) is 0 Å². The van der Waals surface area contributed by atoms with Crippen molar-refractivity contribution in [3.05, 3.63) is 58.6 Å². The highest BCUT2D eigenvalue weighted by Crippen LogP contribution is 2.39. The van der Waals surface area contributed by atoms with Crippen molar-refractivity contribution in [2.24, 2.45) is 0 Å². The van der Waals surface area contributed by atoms with Crippen molar-refractivity contribution in [2.75, 3.05) is 0 Å². The van der Waals surface area contributed by atoms with Crippen molar-refractivity contribution in [2.45, 2.75) is 39.4 Å². The van der Waals surface area contributed by atoms with Crippen molar-refractivity contribution in [1.82, 2.24) is 0 Å². The standard InChI is InChI=1S/C21H22O5/c1-12(2)25-17-10-9-13(11-16(17)22)18-14-7-5-6-8-15(14)20(23)26-19(18)21(3,4)24/h5-12,22,24H,1-4H3. The van der Waals surface area contributed by atoms with Crippen LogP contribution in [0.5, 0.6) is 11.5 Å². The van der Waals surface area contributed by atoms with E-state index in [1.165, 1.54) is 0 Å². The Morgan fingerprint density at radius 2 is 1.73 bits per heavy atom. The molecule has 1 aromatic heterocycles. The highest BCUT2D eigenvalue weighted by molar-refractivity contribution is 5.97. The molecule has 0 amide bonds. The van der Waals surface area contributed by atoms with Crippen LogP contribution in [0.3, 0.4) is 0 Å². The number of aromatic hydroxyl groups is 1. The first kappa shape index (κ1) is 18.0. The van der Waals surface area contributed by atoms with E-state index in [1.807, 2.05) is 19.9 Å². The summed E-state index contributed by atoms with van der Waals surface area (Å²) in [5.41, 5.74) is -0.693. The fourth-order valence-corrected chi connectivity index (χ4v) is 2.94. The lowest BCUT2D eigenvalue weighted by Crippen LogP contribution is -2.20. The molecule has 0 aliphatic carbocycles. The largest absolute Gasteiger partial charge is 0.504 e. The molecule has 0 saturated heterocycles. The van der Waals surface area contributed by atoms with Crippen LogP contribution in [0.25, 0.3) is 21.9 Å². The smallest absolute Gasteiger partial charge is 0.343 e. The molecule has 1 heterocycles. The Kier molecular flexibility index (Phi) is 4.50. The van der Waals surface area contributed by atoms with Gasteiger partial charge in [0.25, 0.3) is 0 Å². The maximum atomic E-state index is 12.3. The van der Waals surface area contributed by atoms with Crippen molar-refractivity contribution >= 4 is 10.8 Å². The van der Waals surface area contributed by atoms with Crippen LogP contribution in [0.15, 0.2) is 51.7 Å². The summed E-state index contributed by atoms with van der Waals surface area (Å²) in [6.07, 6.45) is -0.0748. The molecule has 0 aliphatic heterocycles. The Balaban J connectivity index is 2.32. The molecule has 0 aliphatic rings. The number of rotatable bonds is 4. The Bertz CT molecular complexity index is 1010. The summed E-state index contributed by atoms with van der Waals surface area (Å²) in [6, 6.07) is 12.0. The van der Waals surface area contributed by atoms with Crippen LogP contribution < -0.4 is 10.4 Å². The number of aliphatic hydroxyl groups is 1. The lowest BCUT2D eigenvalue weighted by molar-refractivity contribution is 0.0521. The monoisotopic (exact) mass is 354 g/mol. The maximum Gasteiger partial charge on any atom is 0.343 e. The third-order valence-corrected chi connectivity index (χ3v) is 4.00. The molecule has 0 saturated carbocycles. The van der Waals surface area contributed by atoms with E-state index in [0.29, 0.717) is 27.6 Å². The van der Waals surface area contributed by atoms with Gasteiger partial charge in [-0.15, -0.1) is 0 Å². The van der Waals surface area contributed by atoms with E-state index in [2.05, 4.69) is 0 Å². The molecule has 0 radical (unpaired) electrons. The van der Waals surface area contributed by atoms with E-state index in [-0.39, 0.29) is 17.6 Å². The van der Waals surface area contributed by atoms with Crippen molar-refractivity contribution < 1.29 is 19.4 Å². The third-order valence-electron chi connectivity index (χ3n) is 4.00. The highest BCUT2D eigenvalue weighted by atomic mass is 16.5. The predicted octanol–water partition coefficient (Wildman–Crippen LogP) is 4.18. The summed E-state index contributed by atoms with van der Waals surface area (Å²) >= 11 is 0. The number of hydrogen-bond donors (Lipinski definition) is 2. The molecular weight excluding hydrogens is 332 g/mol. The molecule has 2 aromatic carbocycles. The average Bonchev–Trinajstić information content (AvgIpc) is 2.55. The molecular formula is C21H22O5. The quantitative estimate of drug-likeness (QED) is 0.735. The van der Waals surface area contributed by atoms with Crippen LogP contribution in [0.1, 0.15) is 33.5 Å². The van der Waals surface area contributed by atoms with Crippen LogP contribution in [0.2, 0.25) is 0 Å². The Morgan fingerprint density at radius 1 is 1.08 bits per heavy atom. The second-order valence-corrected chi connectivity index (χ2v) is 7.05. The molecule has 5 heteroatoms. The first-order valence-corrected chi connectivity index (χ1v) is 8.47. The van der Waals surface area contributed by atoms with E-state index in [4.69, 9.17) is 9.15 Å². The van der Waals surface area contributed by atoms with E-state index >= 15 is 0 Å². The minimum absolute atomic E-state index is 0.0202.